The maximum Gasteiger partial charge on any atom is 0.352 e. The number of ether oxygens (including phenoxy) is 1. The third-order valence-electron chi connectivity index (χ3n) is 3.72. The average molecular weight is 255 g/mol. The molecule has 1 aliphatic heterocycles. The van der Waals surface area contributed by atoms with E-state index in [9.17, 15) is 14.7 Å². The Bertz CT molecular complexity index is 403. The summed E-state index contributed by atoms with van der Waals surface area (Å²) < 4.78 is 5.33. The van der Waals surface area contributed by atoms with E-state index in [0.29, 0.717) is 0 Å². The molecule has 0 spiro atoms. The fourth-order valence-corrected chi connectivity index (χ4v) is 3.02. The van der Waals surface area contributed by atoms with Gasteiger partial charge in [0.1, 0.15) is 5.70 Å². The smallest absolute Gasteiger partial charge is 0.352 e. The summed E-state index contributed by atoms with van der Waals surface area (Å²) in [6, 6.07) is -0.332. The summed E-state index contributed by atoms with van der Waals surface area (Å²) in [7, 11) is 1.56. The van der Waals surface area contributed by atoms with Crippen LogP contribution in [0.3, 0.4) is 0 Å². The minimum atomic E-state index is -1.04. The molecule has 2 rings (SSSR count). The molecule has 0 radical (unpaired) electrons. The average Bonchev–Trinajstić information content (AvgIpc) is 2.67. The summed E-state index contributed by atoms with van der Waals surface area (Å²) >= 11 is 0. The van der Waals surface area contributed by atoms with E-state index in [1.165, 1.54) is 0 Å². The molecule has 0 aromatic heterocycles. The van der Waals surface area contributed by atoms with Crippen molar-refractivity contribution >= 4 is 11.9 Å². The molecule has 0 aromatic carbocycles. The molecule has 6 nitrogen and oxygen atoms in total. The van der Waals surface area contributed by atoms with Gasteiger partial charge in [-0.3, -0.25) is 4.79 Å². The molecule has 18 heavy (non-hydrogen) atoms. The second-order valence-corrected chi connectivity index (χ2v) is 4.75. The lowest BCUT2D eigenvalue weighted by molar-refractivity contribution is -0.138. The van der Waals surface area contributed by atoms with Gasteiger partial charge >= 0.3 is 11.9 Å². The van der Waals surface area contributed by atoms with E-state index >= 15 is 0 Å². The molecule has 1 fully saturated rings. The monoisotopic (exact) mass is 255 g/mol. The molecule has 0 saturated heterocycles. The first-order valence-corrected chi connectivity index (χ1v) is 6.03. The minimum absolute atomic E-state index is 0.0362. The molecule has 1 saturated carbocycles. The van der Waals surface area contributed by atoms with Gasteiger partial charge in [0, 0.05) is 19.1 Å². The van der Waals surface area contributed by atoms with E-state index in [4.69, 9.17) is 9.84 Å². The number of carbonyl (C=O) groups is 2. The third-order valence-corrected chi connectivity index (χ3v) is 3.72. The molecule has 2 unspecified atom stereocenters. The van der Waals surface area contributed by atoms with E-state index in [2.05, 4.69) is 5.32 Å². The van der Waals surface area contributed by atoms with Gasteiger partial charge in [-0.05, 0) is 24.8 Å². The Morgan fingerprint density at radius 3 is 2.67 bits per heavy atom. The van der Waals surface area contributed by atoms with E-state index in [1.807, 2.05) is 0 Å². The number of hydrogen-bond acceptors (Lipinski definition) is 4. The third kappa shape index (κ3) is 2.20. The Morgan fingerprint density at radius 1 is 1.39 bits per heavy atom. The van der Waals surface area contributed by atoms with Gasteiger partial charge in [0.05, 0.1) is 12.5 Å². The van der Waals surface area contributed by atoms with Crippen LogP contribution in [0.25, 0.3) is 0 Å². The number of rotatable bonds is 4. The van der Waals surface area contributed by atoms with Crippen molar-refractivity contribution < 1.29 is 24.5 Å². The lowest BCUT2D eigenvalue weighted by Gasteiger charge is -2.30. The Morgan fingerprint density at radius 2 is 2.11 bits per heavy atom. The molecule has 0 amide bonds. The van der Waals surface area contributed by atoms with Crippen molar-refractivity contribution in [1.82, 2.24) is 5.32 Å². The van der Waals surface area contributed by atoms with Crippen LogP contribution in [-0.2, 0) is 14.3 Å². The number of nitrogens with one attached hydrogen (secondary N) is 1. The van der Waals surface area contributed by atoms with Crippen LogP contribution in [0.1, 0.15) is 25.7 Å². The highest BCUT2D eigenvalue weighted by Gasteiger charge is 2.43. The van der Waals surface area contributed by atoms with Crippen LogP contribution >= 0.6 is 0 Å². The van der Waals surface area contributed by atoms with Crippen LogP contribution in [0.5, 0.6) is 0 Å². The normalized spacial score (nSPS) is 30.8. The molecule has 6 heteroatoms. The van der Waals surface area contributed by atoms with Gasteiger partial charge in [-0.2, -0.15) is 0 Å². The fourth-order valence-electron chi connectivity index (χ4n) is 3.02. The van der Waals surface area contributed by atoms with Crippen molar-refractivity contribution in [3.05, 3.63) is 11.3 Å². The van der Waals surface area contributed by atoms with E-state index in [1.54, 1.807) is 7.11 Å². The molecular formula is C12H17NO5. The summed E-state index contributed by atoms with van der Waals surface area (Å²) in [5.74, 6) is -1.99. The number of hydrogen-bond donors (Lipinski definition) is 3. The predicted molar refractivity (Wildman–Crippen MR) is 62.0 cm³/mol. The van der Waals surface area contributed by atoms with Crippen LogP contribution in [0.2, 0.25) is 0 Å². The van der Waals surface area contributed by atoms with E-state index in [-0.39, 0.29) is 30.2 Å². The SMILES string of the molecule is CO[C@H]1CCCC2C1=C(C(=O)O)NC2CC(=O)O. The zero-order chi connectivity index (χ0) is 13.3. The van der Waals surface area contributed by atoms with Gasteiger partial charge in [0.15, 0.2) is 0 Å². The Hall–Kier alpha value is -1.56. The van der Waals surface area contributed by atoms with Crippen molar-refractivity contribution in [3.63, 3.8) is 0 Å². The van der Waals surface area contributed by atoms with Crippen molar-refractivity contribution in [3.8, 4) is 0 Å². The maximum absolute atomic E-state index is 11.2. The van der Waals surface area contributed by atoms with Crippen LogP contribution in [-0.4, -0.2) is 41.4 Å². The number of methoxy groups -OCH3 is 1. The molecule has 2 aliphatic rings. The Kier molecular flexibility index (Phi) is 3.56. The van der Waals surface area contributed by atoms with Crippen LogP contribution < -0.4 is 5.32 Å². The zero-order valence-electron chi connectivity index (χ0n) is 10.2. The molecule has 0 bridgehead atoms. The molecule has 1 heterocycles. The quantitative estimate of drug-likeness (QED) is 0.680. The van der Waals surface area contributed by atoms with Gasteiger partial charge in [0.2, 0.25) is 0 Å². The largest absolute Gasteiger partial charge is 0.481 e. The first-order valence-electron chi connectivity index (χ1n) is 6.03. The van der Waals surface area contributed by atoms with Gasteiger partial charge in [-0.25, -0.2) is 4.79 Å². The number of carboxylic acid groups (broad SMARTS) is 2. The van der Waals surface area contributed by atoms with Gasteiger partial charge < -0.3 is 20.3 Å². The molecule has 0 aromatic rings. The second kappa shape index (κ2) is 4.97. The van der Waals surface area contributed by atoms with Crippen molar-refractivity contribution in [2.45, 2.75) is 37.8 Å². The van der Waals surface area contributed by atoms with Gasteiger partial charge in [-0.15, -0.1) is 0 Å². The summed E-state index contributed by atoms with van der Waals surface area (Å²) in [5, 5.41) is 20.9. The summed E-state index contributed by atoms with van der Waals surface area (Å²) in [6.45, 7) is 0. The first kappa shape index (κ1) is 12.9. The van der Waals surface area contributed by atoms with Gasteiger partial charge in [-0.1, -0.05) is 0 Å². The first-order chi connectivity index (χ1) is 8.54. The molecule has 100 valence electrons. The molecule has 1 aliphatic carbocycles. The molecule has 3 atom stereocenters. The van der Waals surface area contributed by atoms with E-state index < -0.39 is 11.9 Å². The van der Waals surface area contributed by atoms with Crippen LogP contribution in [0.4, 0.5) is 0 Å². The highest BCUT2D eigenvalue weighted by atomic mass is 16.5. The maximum atomic E-state index is 11.2. The van der Waals surface area contributed by atoms with Crippen molar-refractivity contribution in [2.75, 3.05) is 7.11 Å². The summed E-state index contributed by atoms with van der Waals surface area (Å²) in [6.07, 6.45) is 2.26. The van der Waals surface area contributed by atoms with Gasteiger partial charge in [0.25, 0.3) is 0 Å². The topological polar surface area (TPSA) is 95.9 Å². The highest BCUT2D eigenvalue weighted by Crippen LogP contribution is 2.40. The summed E-state index contributed by atoms with van der Waals surface area (Å²) in [4.78, 5) is 22.0. The summed E-state index contributed by atoms with van der Waals surface area (Å²) in [5.41, 5.74) is 0.875. The fraction of sp³-hybridized carbons (Fsp3) is 0.667. The molecular weight excluding hydrogens is 238 g/mol. The number of aliphatic carboxylic acids is 2. The lowest BCUT2D eigenvalue weighted by atomic mass is 9.79. The molecule has 3 N–H and O–H groups in total. The number of fused-ring (bicyclic) bond motifs is 1. The van der Waals surface area contributed by atoms with Crippen molar-refractivity contribution in [2.24, 2.45) is 5.92 Å². The lowest BCUT2D eigenvalue weighted by Crippen LogP contribution is -2.34. The van der Waals surface area contributed by atoms with E-state index in [0.717, 1.165) is 24.8 Å². The Labute approximate surface area is 105 Å². The number of carboxylic acids is 2. The highest BCUT2D eigenvalue weighted by molar-refractivity contribution is 5.88. The van der Waals surface area contributed by atoms with Crippen molar-refractivity contribution in [1.29, 1.82) is 0 Å². The van der Waals surface area contributed by atoms with Crippen LogP contribution in [0, 0.1) is 5.92 Å². The predicted octanol–water partition coefficient (Wildman–Crippen LogP) is 0.587. The minimum Gasteiger partial charge on any atom is -0.481 e. The second-order valence-electron chi connectivity index (χ2n) is 4.75. The van der Waals surface area contributed by atoms with Crippen LogP contribution in [0.15, 0.2) is 11.3 Å². The zero-order valence-corrected chi connectivity index (χ0v) is 10.2. The standard InChI is InChI=1S/C12H17NO5/c1-18-8-4-2-3-6-7(5-9(14)15)13-11(10(6)8)12(16)17/h6-8,13H,2-5H2,1H3,(H,14,15)(H,16,17)/t6?,7?,8-/m0/s1. The Balaban J connectivity index is 2.29.